The van der Waals surface area contributed by atoms with Gasteiger partial charge in [0.2, 0.25) is 0 Å². The number of hydrogen-bond donors (Lipinski definition) is 0. The standard InChI is InChI=1S/C23H21NO2/c25-23(26-18-10-15-20-11-4-1-5-12-20)24(22-16-8-3-9-17-22)19-21-13-6-2-7-14-21/h1-17H,18-19H2. The smallest absolute Gasteiger partial charge is 0.414 e. The van der Waals surface area contributed by atoms with Crippen LogP contribution < -0.4 is 4.90 Å². The van der Waals surface area contributed by atoms with Crippen LogP contribution in [0.3, 0.4) is 0 Å². The molecule has 0 heterocycles. The zero-order chi connectivity index (χ0) is 18.0. The van der Waals surface area contributed by atoms with Crippen LogP contribution in [0, 0.1) is 0 Å². The van der Waals surface area contributed by atoms with E-state index >= 15 is 0 Å². The molecule has 0 saturated heterocycles. The number of benzene rings is 3. The Hall–Kier alpha value is -3.33. The highest BCUT2D eigenvalue weighted by atomic mass is 16.6. The van der Waals surface area contributed by atoms with Crippen LogP contribution in [0.1, 0.15) is 11.1 Å². The fourth-order valence-electron chi connectivity index (χ4n) is 2.58. The van der Waals surface area contributed by atoms with Gasteiger partial charge in [0.1, 0.15) is 6.61 Å². The lowest BCUT2D eigenvalue weighted by molar-refractivity contribution is 0.165. The molecule has 3 heteroatoms. The molecule has 0 aliphatic heterocycles. The summed E-state index contributed by atoms with van der Waals surface area (Å²) in [6.07, 6.45) is 3.42. The molecule has 0 bridgehead atoms. The largest absolute Gasteiger partial charge is 0.445 e. The number of ether oxygens (including phenoxy) is 1. The van der Waals surface area contributed by atoms with Crippen molar-refractivity contribution < 1.29 is 9.53 Å². The van der Waals surface area contributed by atoms with Crippen molar-refractivity contribution in [2.45, 2.75) is 6.54 Å². The Bertz CT molecular complexity index is 830. The molecule has 1 amide bonds. The zero-order valence-corrected chi connectivity index (χ0v) is 14.5. The molecule has 3 aromatic rings. The minimum atomic E-state index is -0.363. The first-order valence-corrected chi connectivity index (χ1v) is 8.58. The summed E-state index contributed by atoms with van der Waals surface area (Å²) in [6, 6.07) is 29.4. The molecule has 0 aromatic heterocycles. The van der Waals surface area contributed by atoms with E-state index in [9.17, 15) is 4.79 Å². The summed E-state index contributed by atoms with van der Waals surface area (Å²) >= 11 is 0. The molecule has 0 radical (unpaired) electrons. The van der Waals surface area contributed by atoms with Crippen LogP contribution in [0.2, 0.25) is 0 Å². The number of amides is 1. The van der Waals surface area contributed by atoms with Gasteiger partial charge in [0, 0.05) is 5.69 Å². The lowest BCUT2D eigenvalue weighted by Gasteiger charge is -2.22. The summed E-state index contributed by atoms with van der Waals surface area (Å²) in [5.41, 5.74) is 2.94. The molecule has 0 N–H and O–H groups in total. The summed E-state index contributed by atoms with van der Waals surface area (Å²) in [6.45, 7) is 0.692. The molecular weight excluding hydrogens is 322 g/mol. The number of rotatable bonds is 6. The van der Waals surface area contributed by atoms with Crippen LogP contribution in [0.5, 0.6) is 0 Å². The minimum Gasteiger partial charge on any atom is -0.445 e. The second kappa shape index (κ2) is 9.23. The molecule has 3 aromatic carbocycles. The first-order valence-electron chi connectivity index (χ1n) is 8.58. The summed E-state index contributed by atoms with van der Waals surface area (Å²) in [4.78, 5) is 14.3. The summed E-state index contributed by atoms with van der Waals surface area (Å²) < 4.78 is 5.45. The molecule has 3 rings (SSSR count). The van der Waals surface area contributed by atoms with Gasteiger partial charge in [-0.05, 0) is 29.3 Å². The number of carbonyl (C=O) groups is 1. The second-order valence-electron chi connectivity index (χ2n) is 5.80. The molecule has 0 aliphatic carbocycles. The average Bonchev–Trinajstić information content (AvgIpc) is 2.71. The van der Waals surface area contributed by atoms with Crippen molar-refractivity contribution in [2.24, 2.45) is 0 Å². The molecule has 0 aliphatic rings. The van der Waals surface area contributed by atoms with Crippen molar-refractivity contribution >= 4 is 17.9 Å². The molecule has 0 fully saturated rings. The Morgan fingerprint density at radius 2 is 1.38 bits per heavy atom. The quantitative estimate of drug-likeness (QED) is 0.588. The Morgan fingerprint density at radius 1 is 0.808 bits per heavy atom. The molecule has 0 spiro atoms. The van der Waals surface area contributed by atoms with Crippen LogP contribution in [0.25, 0.3) is 6.08 Å². The van der Waals surface area contributed by atoms with Gasteiger partial charge in [0.15, 0.2) is 0 Å². The van der Waals surface area contributed by atoms with Gasteiger partial charge in [-0.25, -0.2) is 4.79 Å². The number of carbonyl (C=O) groups excluding carboxylic acids is 1. The van der Waals surface area contributed by atoms with E-state index < -0.39 is 0 Å². The van der Waals surface area contributed by atoms with E-state index in [1.165, 1.54) is 0 Å². The molecule has 3 nitrogen and oxygen atoms in total. The van der Waals surface area contributed by atoms with Crippen LogP contribution in [-0.2, 0) is 11.3 Å². The van der Waals surface area contributed by atoms with Crippen molar-refractivity contribution in [1.82, 2.24) is 0 Å². The van der Waals surface area contributed by atoms with E-state index in [1.807, 2.05) is 103 Å². The molecule has 0 unspecified atom stereocenters. The first kappa shape index (κ1) is 17.5. The van der Waals surface area contributed by atoms with Gasteiger partial charge in [-0.15, -0.1) is 0 Å². The van der Waals surface area contributed by atoms with E-state index in [1.54, 1.807) is 4.90 Å². The first-order chi connectivity index (χ1) is 12.8. The predicted octanol–water partition coefficient (Wildman–Crippen LogP) is 5.54. The topological polar surface area (TPSA) is 29.5 Å². The average molecular weight is 343 g/mol. The number of para-hydroxylation sites is 1. The minimum absolute atomic E-state index is 0.228. The highest BCUT2D eigenvalue weighted by Gasteiger charge is 2.17. The zero-order valence-electron chi connectivity index (χ0n) is 14.5. The Kier molecular flexibility index (Phi) is 6.21. The highest BCUT2D eigenvalue weighted by molar-refractivity contribution is 5.87. The van der Waals surface area contributed by atoms with Crippen molar-refractivity contribution in [3.8, 4) is 0 Å². The van der Waals surface area contributed by atoms with Crippen LogP contribution in [0.15, 0.2) is 97.1 Å². The number of nitrogens with zero attached hydrogens (tertiary/aromatic N) is 1. The van der Waals surface area contributed by atoms with Crippen molar-refractivity contribution in [1.29, 1.82) is 0 Å². The van der Waals surface area contributed by atoms with Gasteiger partial charge in [-0.2, -0.15) is 0 Å². The fraction of sp³-hybridized carbons (Fsp3) is 0.0870. The second-order valence-corrected chi connectivity index (χ2v) is 5.80. The monoisotopic (exact) mass is 343 g/mol. The van der Waals surface area contributed by atoms with E-state index in [0.717, 1.165) is 16.8 Å². The molecule has 0 saturated carbocycles. The molecular formula is C23H21NO2. The molecule has 0 atom stereocenters. The number of anilines is 1. The molecule has 26 heavy (non-hydrogen) atoms. The maximum absolute atomic E-state index is 12.6. The van der Waals surface area contributed by atoms with E-state index in [2.05, 4.69) is 0 Å². The number of hydrogen-bond acceptors (Lipinski definition) is 2. The van der Waals surface area contributed by atoms with Gasteiger partial charge in [-0.1, -0.05) is 84.9 Å². The highest BCUT2D eigenvalue weighted by Crippen LogP contribution is 2.18. The van der Waals surface area contributed by atoms with Crippen LogP contribution >= 0.6 is 0 Å². The SMILES string of the molecule is O=C(OCC=Cc1ccccc1)N(Cc1ccccc1)c1ccccc1. The van der Waals surface area contributed by atoms with Crippen molar-refractivity contribution in [3.05, 3.63) is 108 Å². The lowest BCUT2D eigenvalue weighted by atomic mass is 10.2. The third-order valence-electron chi connectivity index (χ3n) is 3.88. The summed E-state index contributed by atoms with van der Waals surface area (Å²) in [5, 5.41) is 0. The normalized spacial score (nSPS) is 10.6. The van der Waals surface area contributed by atoms with Crippen molar-refractivity contribution in [2.75, 3.05) is 11.5 Å². The predicted molar refractivity (Wildman–Crippen MR) is 106 cm³/mol. The van der Waals surface area contributed by atoms with Gasteiger partial charge < -0.3 is 4.74 Å². The van der Waals surface area contributed by atoms with E-state index in [-0.39, 0.29) is 12.7 Å². The van der Waals surface area contributed by atoms with E-state index in [4.69, 9.17) is 4.74 Å². The lowest BCUT2D eigenvalue weighted by Crippen LogP contribution is -2.31. The maximum Gasteiger partial charge on any atom is 0.414 e. The van der Waals surface area contributed by atoms with Crippen LogP contribution in [0.4, 0.5) is 10.5 Å². The van der Waals surface area contributed by atoms with Gasteiger partial charge >= 0.3 is 6.09 Å². The maximum atomic E-state index is 12.6. The Labute approximate surface area is 154 Å². The third-order valence-corrected chi connectivity index (χ3v) is 3.88. The summed E-state index contributed by atoms with van der Waals surface area (Å²) in [7, 11) is 0. The molecule has 130 valence electrons. The van der Waals surface area contributed by atoms with E-state index in [0.29, 0.717) is 6.54 Å². The van der Waals surface area contributed by atoms with Crippen LogP contribution in [-0.4, -0.2) is 12.7 Å². The summed E-state index contributed by atoms with van der Waals surface area (Å²) in [5.74, 6) is 0. The van der Waals surface area contributed by atoms with Gasteiger partial charge in [0.25, 0.3) is 0 Å². The van der Waals surface area contributed by atoms with Gasteiger partial charge in [0.05, 0.1) is 6.54 Å². The van der Waals surface area contributed by atoms with Crippen molar-refractivity contribution in [3.63, 3.8) is 0 Å². The Balaban J connectivity index is 1.66. The Morgan fingerprint density at radius 3 is 2.04 bits per heavy atom. The fourth-order valence-corrected chi connectivity index (χ4v) is 2.58. The third kappa shape index (κ3) is 5.08. The van der Waals surface area contributed by atoms with Gasteiger partial charge in [-0.3, -0.25) is 4.90 Å².